The molecule has 1 N–H and O–H groups in total. The number of carboxylic acid groups (broad SMARTS) is 1. The fourth-order valence-electron chi connectivity index (χ4n) is 1.09. The van der Waals surface area contributed by atoms with Gasteiger partial charge in [-0.15, -0.1) is 0 Å². The first-order valence-corrected chi connectivity index (χ1v) is 5.64. The van der Waals surface area contributed by atoms with Crippen LogP contribution in [0.3, 0.4) is 0 Å². The highest BCUT2D eigenvalue weighted by atomic mass is 79.9. The average molecular weight is 291 g/mol. The van der Waals surface area contributed by atoms with Crippen LogP contribution in [-0.4, -0.2) is 17.2 Å². The van der Waals surface area contributed by atoms with Crippen molar-refractivity contribution >= 4 is 21.9 Å². The van der Waals surface area contributed by atoms with E-state index < -0.39 is 11.8 Å². The molecule has 88 valence electrons. The van der Waals surface area contributed by atoms with E-state index in [1.807, 2.05) is 13.8 Å². The molecule has 0 aromatic heterocycles. The third-order valence-electron chi connectivity index (χ3n) is 2.18. The molecule has 0 saturated heterocycles. The molecule has 0 aliphatic rings. The minimum atomic E-state index is -1.18. The molecule has 0 aliphatic carbocycles. The van der Waals surface area contributed by atoms with Crippen molar-refractivity contribution < 1.29 is 19.0 Å². The molecule has 0 aliphatic heterocycles. The Balaban J connectivity index is 3.07. The number of benzene rings is 1. The second-order valence-corrected chi connectivity index (χ2v) is 4.17. The highest BCUT2D eigenvalue weighted by Crippen LogP contribution is 2.29. The van der Waals surface area contributed by atoms with Gasteiger partial charge in [-0.05, 0) is 41.4 Å². The van der Waals surface area contributed by atoms with Crippen LogP contribution in [0.1, 0.15) is 30.6 Å². The van der Waals surface area contributed by atoms with Crippen molar-refractivity contribution in [3.8, 4) is 5.75 Å². The molecule has 1 aromatic carbocycles. The van der Waals surface area contributed by atoms with Crippen LogP contribution in [0.5, 0.6) is 5.75 Å². The van der Waals surface area contributed by atoms with Gasteiger partial charge in [0, 0.05) is 0 Å². The fraction of sp³-hybridized carbons (Fsp3) is 0.364. The van der Waals surface area contributed by atoms with E-state index >= 15 is 0 Å². The summed E-state index contributed by atoms with van der Waals surface area (Å²) in [5, 5.41) is 8.77. The molecule has 1 unspecified atom stereocenters. The molecular formula is C11H12BrFO3. The van der Waals surface area contributed by atoms with E-state index in [1.165, 1.54) is 12.1 Å². The molecule has 3 nitrogen and oxygen atoms in total. The lowest BCUT2D eigenvalue weighted by Gasteiger charge is -2.14. The molecule has 0 bridgehead atoms. The smallest absolute Gasteiger partial charge is 0.336 e. The first-order valence-electron chi connectivity index (χ1n) is 4.85. The van der Waals surface area contributed by atoms with Crippen molar-refractivity contribution in [2.45, 2.75) is 26.4 Å². The van der Waals surface area contributed by atoms with E-state index in [1.54, 1.807) is 0 Å². The quantitative estimate of drug-likeness (QED) is 0.924. The van der Waals surface area contributed by atoms with E-state index in [4.69, 9.17) is 9.84 Å². The van der Waals surface area contributed by atoms with Gasteiger partial charge in [-0.3, -0.25) is 0 Å². The van der Waals surface area contributed by atoms with Crippen molar-refractivity contribution in [2.75, 3.05) is 0 Å². The highest BCUT2D eigenvalue weighted by Gasteiger charge is 2.17. The molecule has 0 fully saturated rings. The van der Waals surface area contributed by atoms with Crippen LogP contribution in [-0.2, 0) is 0 Å². The maximum Gasteiger partial charge on any atom is 0.336 e. The van der Waals surface area contributed by atoms with Gasteiger partial charge in [-0.1, -0.05) is 6.92 Å². The Kier molecular flexibility index (Phi) is 4.29. The third kappa shape index (κ3) is 2.72. The van der Waals surface area contributed by atoms with Gasteiger partial charge in [0.15, 0.2) is 11.6 Å². The monoisotopic (exact) mass is 290 g/mol. The van der Waals surface area contributed by atoms with Crippen molar-refractivity contribution in [2.24, 2.45) is 0 Å². The van der Waals surface area contributed by atoms with Gasteiger partial charge in [-0.2, -0.15) is 0 Å². The van der Waals surface area contributed by atoms with Crippen molar-refractivity contribution in [1.82, 2.24) is 0 Å². The van der Waals surface area contributed by atoms with Crippen LogP contribution in [0.4, 0.5) is 4.39 Å². The maximum absolute atomic E-state index is 13.7. The predicted molar refractivity (Wildman–Crippen MR) is 61.4 cm³/mol. The van der Waals surface area contributed by atoms with E-state index in [2.05, 4.69) is 15.9 Å². The fourth-order valence-corrected chi connectivity index (χ4v) is 1.59. The van der Waals surface area contributed by atoms with Gasteiger partial charge in [0.25, 0.3) is 0 Å². The van der Waals surface area contributed by atoms with Crippen molar-refractivity contribution in [1.29, 1.82) is 0 Å². The van der Waals surface area contributed by atoms with E-state index in [-0.39, 0.29) is 21.9 Å². The van der Waals surface area contributed by atoms with Crippen LogP contribution in [0.15, 0.2) is 16.6 Å². The zero-order chi connectivity index (χ0) is 12.3. The SMILES string of the molecule is CCC(C)Oc1ccc(C(=O)O)c(Br)c1F. The third-order valence-corrected chi connectivity index (χ3v) is 2.96. The molecule has 0 spiro atoms. The summed E-state index contributed by atoms with van der Waals surface area (Å²) in [6.07, 6.45) is 0.634. The van der Waals surface area contributed by atoms with Crippen LogP contribution in [0.2, 0.25) is 0 Å². The molecule has 1 aromatic rings. The number of hydrogen-bond acceptors (Lipinski definition) is 2. The summed E-state index contributed by atoms with van der Waals surface area (Å²) in [5.74, 6) is -1.80. The summed E-state index contributed by atoms with van der Waals surface area (Å²) >= 11 is 2.91. The van der Waals surface area contributed by atoms with Crippen LogP contribution < -0.4 is 4.74 Å². The topological polar surface area (TPSA) is 46.5 Å². The maximum atomic E-state index is 13.7. The van der Waals surface area contributed by atoms with Crippen LogP contribution >= 0.6 is 15.9 Å². The standard InChI is InChI=1S/C11H12BrFO3/c1-3-6(2)16-8-5-4-7(11(14)15)9(12)10(8)13/h4-6H,3H2,1-2H3,(H,14,15). The molecule has 16 heavy (non-hydrogen) atoms. The van der Waals surface area contributed by atoms with E-state index in [0.717, 1.165) is 6.42 Å². The lowest BCUT2D eigenvalue weighted by Crippen LogP contribution is -2.11. The summed E-state index contributed by atoms with van der Waals surface area (Å²) < 4.78 is 18.9. The zero-order valence-electron chi connectivity index (χ0n) is 8.96. The minimum absolute atomic E-state index is 0.0613. The second kappa shape index (κ2) is 5.30. The first kappa shape index (κ1) is 13.0. The Bertz CT molecular complexity index is 406. The molecule has 1 rings (SSSR count). The summed E-state index contributed by atoms with van der Waals surface area (Å²) in [6.45, 7) is 3.74. The summed E-state index contributed by atoms with van der Waals surface area (Å²) in [7, 11) is 0. The van der Waals surface area contributed by atoms with Crippen LogP contribution in [0, 0.1) is 5.82 Å². The normalized spacial score (nSPS) is 12.2. The molecule has 1 atom stereocenters. The Morgan fingerprint density at radius 3 is 2.75 bits per heavy atom. The molecule has 0 amide bonds. The minimum Gasteiger partial charge on any atom is -0.488 e. The molecule has 5 heteroatoms. The molecule has 0 radical (unpaired) electrons. The summed E-state index contributed by atoms with van der Waals surface area (Å²) in [5.41, 5.74) is -0.117. The lowest BCUT2D eigenvalue weighted by molar-refractivity contribution is 0.0695. The first-order chi connectivity index (χ1) is 7.47. The van der Waals surface area contributed by atoms with Gasteiger partial charge >= 0.3 is 5.97 Å². The number of carbonyl (C=O) groups is 1. The zero-order valence-corrected chi connectivity index (χ0v) is 10.5. The number of hydrogen-bond donors (Lipinski definition) is 1. The lowest BCUT2D eigenvalue weighted by atomic mass is 10.2. The number of carboxylic acids is 1. The van der Waals surface area contributed by atoms with Crippen molar-refractivity contribution in [3.05, 3.63) is 28.0 Å². The van der Waals surface area contributed by atoms with Crippen molar-refractivity contribution in [3.63, 3.8) is 0 Å². The largest absolute Gasteiger partial charge is 0.488 e. The predicted octanol–water partition coefficient (Wildman–Crippen LogP) is 3.46. The number of halogens is 2. The average Bonchev–Trinajstić information content (AvgIpc) is 2.24. The van der Waals surface area contributed by atoms with Gasteiger partial charge in [0.1, 0.15) is 0 Å². The van der Waals surface area contributed by atoms with E-state index in [9.17, 15) is 9.18 Å². The van der Waals surface area contributed by atoms with Gasteiger partial charge in [0.05, 0.1) is 16.1 Å². The van der Waals surface area contributed by atoms with Crippen LogP contribution in [0.25, 0.3) is 0 Å². The number of aromatic carboxylic acids is 1. The van der Waals surface area contributed by atoms with Gasteiger partial charge < -0.3 is 9.84 Å². The summed E-state index contributed by atoms with van der Waals surface area (Å²) in [6, 6.07) is 2.64. The molecular weight excluding hydrogens is 279 g/mol. The highest BCUT2D eigenvalue weighted by molar-refractivity contribution is 9.10. The van der Waals surface area contributed by atoms with E-state index in [0.29, 0.717) is 0 Å². The Morgan fingerprint density at radius 1 is 1.62 bits per heavy atom. The van der Waals surface area contributed by atoms with Gasteiger partial charge in [-0.25, -0.2) is 9.18 Å². The second-order valence-electron chi connectivity index (χ2n) is 3.38. The Morgan fingerprint density at radius 2 is 2.25 bits per heavy atom. The Hall–Kier alpha value is -1.10. The number of rotatable bonds is 4. The molecule has 0 heterocycles. The summed E-state index contributed by atoms with van der Waals surface area (Å²) in [4.78, 5) is 10.7. The Labute approximate surface area is 101 Å². The molecule has 0 saturated carbocycles. The number of ether oxygens (including phenoxy) is 1. The van der Waals surface area contributed by atoms with Gasteiger partial charge in [0.2, 0.25) is 0 Å².